The Morgan fingerprint density at radius 2 is 1.94 bits per heavy atom. The molecule has 1 aromatic carbocycles. The summed E-state index contributed by atoms with van der Waals surface area (Å²) in [6, 6.07) is 8.30. The highest BCUT2D eigenvalue weighted by Gasteiger charge is 2.07. The third-order valence-electron chi connectivity index (χ3n) is 3.29. The molecular formula is C14H23N3O. The average Bonchev–Trinajstić information content (AvgIpc) is 2.45. The molecule has 1 fully saturated rings. The summed E-state index contributed by atoms with van der Waals surface area (Å²) in [4.78, 5) is 2.45. The number of rotatable bonds is 6. The third kappa shape index (κ3) is 4.29. The van der Waals surface area contributed by atoms with Crippen LogP contribution >= 0.6 is 0 Å². The van der Waals surface area contributed by atoms with Gasteiger partial charge in [0.25, 0.3) is 0 Å². The maximum atomic E-state index is 5.15. The smallest absolute Gasteiger partial charge is 0.118 e. The molecule has 4 nitrogen and oxygen atoms in total. The molecule has 1 aromatic rings. The summed E-state index contributed by atoms with van der Waals surface area (Å²) in [7, 11) is 1.70. The number of nitrogens with one attached hydrogen (secondary N) is 2. The van der Waals surface area contributed by atoms with E-state index in [1.807, 2.05) is 12.1 Å². The van der Waals surface area contributed by atoms with Crippen molar-refractivity contribution < 1.29 is 4.74 Å². The maximum absolute atomic E-state index is 5.15. The second-order valence-electron chi connectivity index (χ2n) is 4.62. The van der Waals surface area contributed by atoms with Crippen LogP contribution in [-0.4, -0.2) is 51.4 Å². The summed E-state index contributed by atoms with van der Waals surface area (Å²) in [5.41, 5.74) is 1.35. The molecule has 0 saturated carbocycles. The number of hydrogen-bond donors (Lipinski definition) is 2. The minimum Gasteiger partial charge on any atom is -0.497 e. The predicted octanol–water partition coefficient (Wildman–Crippen LogP) is 0.690. The fourth-order valence-corrected chi connectivity index (χ4v) is 2.13. The van der Waals surface area contributed by atoms with Gasteiger partial charge in [-0.25, -0.2) is 0 Å². The van der Waals surface area contributed by atoms with Crippen LogP contribution < -0.4 is 15.4 Å². The molecular weight excluding hydrogens is 226 g/mol. The zero-order chi connectivity index (χ0) is 12.6. The molecule has 0 bridgehead atoms. The first-order chi connectivity index (χ1) is 8.88. The minimum absolute atomic E-state index is 0.924. The first-order valence-electron chi connectivity index (χ1n) is 6.65. The quantitative estimate of drug-likeness (QED) is 0.727. The lowest BCUT2D eigenvalue weighted by Crippen LogP contribution is -2.47. The van der Waals surface area contributed by atoms with E-state index in [-0.39, 0.29) is 0 Å². The molecule has 0 unspecified atom stereocenters. The highest BCUT2D eigenvalue weighted by Crippen LogP contribution is 2.11. The van der Waals surface area contributed by atoms with Gasteiger partial charge >= 0.3 is 0 Å². The average molecular weight is 249 g/mol. The van der Waals surface area contributed by atoms with Gasteiger partial charge in [-0.3, -0.25) is 4.90 Å². The van der Waals surface area contributed by atoms with Gasteiger partial charge in [0.2, 0.25) is 0 Å². The second-order valence-corrected chi connectivity index (χ2v) is 4.62. The van der Waals surface area contributed by atoms with Crippen LogP contribution in [0.1, 0.15) is 5.56 Å². The fourth-order valence-electron chi connectivity index (χ4n) is 2.13. The van der Waals surface area contributed by atoms with Gasteiger partial charge in [0.05, 0.1) is 7.11 Å². The Bertz CT molecular complexity index is 333. The van der Waals surface area contributed by atoms with Gasteiger partial charge in [0, 0.05) is 39.4 Å². The number of nitrogens with zero attached hydrogens (tertiary/aromatic N) is 1. The largest absolute Gasteiger partial charge is 0.497 e. The van der Waals surface area contributed by atoms with Gasteiger partial charge in [0.15, 0.2) is 0 Å². The molecule has 4 heteroatoms. The number of ether oxygens (including phenoxy) is 1. The molecule has 0 aliphatic carbocycles. The van der Waals surface area contributed by atoms with Crippen molar-refractivity contribution in [1.82, 2.24) is 15.5 Å². The summed E-state index contributed by atoms with van der Waals surface area (Å²) >= 11 is 0. The first kappa shape index (κ1) is 13.3. The van der Waals surface area contributed by atoms with Crippen LogP contribution in [0.25, 0.3) is 0 Å². The van der Waals surface area contributed by atoms with Gasteiger partial charge in [-0.2, -0.15) is 0 Å². The summed E-state index contributed by atoms with van der Waals surface area (Å²) in [6.45, 7) is 6.54. The van der Waals surface area contributed by atoms with E-state index in [1.54, 1.807) is 7.11 Å². The molecule has 1 heterocycles. The third-order valence-corrected chi connectivity index (χ3v) is 3.29. The van der Waals surface area contributed by atoms with Crippen LogP contribution in [0.3, 0.4) is 0 Å². The standard InChI is InChI=1S/C14H23N3O/c1-18-14-4-2-13(3-5-14)6-7-16-12-17-10-8-15-9-11-17/h2-5,15-16H,6-12H2,1H3. The van der Waals surface area contributed by atoms with Gasteiger partial charge in [-0.15, -0.1) is 0 Å². The van der Waals surface area contributed by atoms with E-state index in [4.69, 9.17) is 4.74 Å². The Morgan fingerprint density at radius 3 is 2.61 bits per heavy atom. The van der Waals surface area contributed by atoms with Crippen LogP contribution in [0.15, 0.2) is 24.3 Å². The zero-order valence-corrected chi connectivity index (χ0v) is 11.1. The molecule has 0 atom stereocenters. The number of benzene rings is 1. The molecule has 0 amide bonds. The van der Waals surface area contributed by atoms with E-state index in [1.165, 1.54) is 5.56 Å². The van der Waals surface area contributed by atoms with E-state index in [9.17, 15) is 0 Å². The zero-order valence-electron chi connectivity index (χ0n) is 11.1. The van der Waals surface area contributed by atoms with Crippen molar-refractivity contribution in [3.8, 4) is 5.75 Å². The van der Waals surface area contributed by atoms with E-state index >= 15 is 0 Å². The molecule has 0 radical (unpaired) electrons. The monoisotopic (exact) mass is 249 g/mol. The second kappa shape index (κ2) is 7.36. The Labute approximate surface area is 109 Å². The summed E-state index contributed by atoms with van der Waals surface area (Å²) < 4.78 is 5.15. The highest BCUT2D eigenvalue weighted by molar-refractivity contribution is 5.27. The van der Waals surface area contributed by atoms with Crippen LogP contribution in [0, 0.1) is 0 Å². The van der Waals surface area contributed by atoms with Gasteiger partial charge in [-0.05, 0) is 24.1 Å². The Morgan fingerprint density at radius 1 is 1.22 bits per heavy atom. The molecule has 2 N–H and O–H groups in total. The maximum Gasteiger partial charge on any atom is 0.118 e. The van der Waals surface area contributed by atoms with Crippen molar-refractivity contribution in [2.75, 3.05) is 46.5 Å². The minimum atomic E-state index is 0.924. The lowest BCUT2D eigenvalue weighted by molar-refractivity contribution is 0.224. The molecule has 18 heavy (non-hydrogen) atoms. The van der Waals surface area contributed by atoms with Crippen LogP contribution in [0.4, 0.5) is 0 Å². The molecule has 2 rings (SSSR count). The highest BCUT2D eigenvalue weighted by atomic mass is 16.5. The van der Waals surface area contributed by atoms with Gasteiger partial charge < -0.3 is 15.4 Å². The lowest BCUT2D eigenvalue weighted by Gasteiger charge is -2.27. The summed E-state index contributed by atoms with van der Waals surface area (Å²) in [5.74, 6) is 0.924. The van der Waals surface area contributed by atoms with Crippen LogP contribution in [0.2, 0.25) is 0 Å². The SMILES string of the molecule is COc1ccc(CCNCN2CCNCC2)cc1. The number of piperazine rings is 1. The van der Waals surface area contributed by atoms with Crippen LogP contribution in [-0.2, 0) is 6.42 Å². The van der Waals surface area contributed by atoms with Gasteiger partial charge in [0.1, 0.15) is 5.75 Å². The number of hydrogen-bond acceptors (Lipinski definition) is 4. The van der Waals surface area contributed by atoms with Crippen molar-refractivity contribution in [3.63, 3.8) is 0 Å². The molecule has 0 spiro atoms. The predicted molar refractivity (Wildman–Crippen MR) is 74.0 cm³/mol. The summed E-state index contributed by atoms with van der Waals surface area (Å²) in [6.07, 6.45) is 1.07. The molecule has 0 aromatic heterocycles. The van der Waals surface area contributed by atoms with Crippen molar-refractivity contribution in [3.05, 3.63) is 29.8 Å². The lowest BCUT2D eigenvalue weighted by atomic mass is 10.1. The van der Waals surface area contributed by atoms with Crippen molar-refractivity contribution >= 4 is 0 Å². The van der Waals surface area contributed by atoms with Crippen molar-refractivity contribution in [2.45, 2.75) is 6.42 Å². The Balaban J connectivity index is 1.62. The fraction of sp³-hybridized carbons (Fsp3) is 0.571. The topological polar surface area (TPSA) is 36.5 Å². The van der Waals surface area contributed by atoms with E-state index in [0.29, 0.717) is 0 Å². The number of methoxy groups -OCH3 is 1. The van der Waals surface area contributed by atoms with Crippen molar-refractivity contribution in [2.24, 2.45) is 0 Å². The summed E-state index contributed by atoms with van der Waals surface area (Å²) in [5, 5.41) is 6.86. The Kier molecular flexibility index (Phi) is 5.45. The molecule has 1 aliphatic rings. The molecule has 1 saturated heterocycles. The normalized spacial score (nSPS) is 16.7. The van der Waals surface area contributed by atoms with Crippen molar-refractivity contribution in [1.29, 1.82) is 0 Å². The molecule has 1 aliphatic heterocycles. The van der Waals surface area contributed by atoms with E-state index in [0.717, 1.165) is 51.6 Å². The van der Waals surface area contributed by atoms with E-state index in [2.05, 4.69) is 27.7 Å². The Hall–Kier alpha value is -1.10. The van der Waals surface area contributed by atoms with Crippen LogP contribution in [0.5, 0.6) is 5.75 Å². The van der Waals surface area contributed by atoms with Gasteiger partial charge in [-0.1, -0.05) is 12.1 Å². The first-order valence-corrected chi connectivity index (χ1v) is 6.65. The van der Waals surface area contributed by atoms with E-state index < -0.39 is 0 Å². The molecule has 100 valence electrons.